The Labute approximate surface area is 58.4 Å². The highest BCUT2D eigenvalue weighted by atomic mass is 32.2. The van der Waals surface area contributed by atoms with E-state index in [0.29, 0.717) is 0 Å². The van der Waals surface area contributed by atoms with Crippen molar-refractivity contribution in [1.82, 2.24) is 5.16 Å². The van der Waals surface area contributed by atoms with Crippen LogP contribution in [-0.2, 0) is 0 Å². The lowest BCUT2D eigenvalue weighted by molar-refractivity contribution is -0.0336. The fourth-order valence-corrected chi connectivity index (χ4v) is 0.753. The molecule has 1 aromatic rings. The summed E-state index contributed by atoms with van der Waals surface area (Å²) in [6.45, 7) is 0. The number of hydrogen-bond donors (Lipinski definition) is 0. The molecule has 0 amide bonds. The van der Waals surface area contributed by atoms with Gasteiger partial charge in [0.05, 0.1) is 0 Å². The van der Waals surface area contributed by atoms with E-state index >= 15 is 0 Å². The fourth-order valence-electron chi connectivity index (χ4n) is 0.339. The van der Waals surface area contributed by atoms with Crippen LogP contribution >= 0.6 is 11.8 Å². The molecule has 0 bridgehead atoms. The van der Waals surface area contributed by atoms with Gasteiger partial charge in [0.2, 0.25) is 5.09 Å². The second-order valence-electron chi connectivity index (χ2n) is 1.32. The molecule has 1 radical (unpaired) electrons. The SMILES string of the molecule is FC(F)(F)Sc1c[c]no1. The molecule has 0 spiro atoms. The third-order valence-electron chi connectivity index (χ3n) is 0.587. The Kier molecular flexibility index (Phi) is 1.89. The molecule has 0 aliphatic heterocycles. The van der Waals surface area contributed by atoms with Gasteiger partial charge in [-0.15, -0.1) is 0 Å². The second kappa shape index (κ2) is 2.53. The lowest BCUT2D eigenvalue weighted by Crippen LogP contribution is -1.97. The highest BCUT2D eigenvalue weighted by molar-refractivity contribution is 8.00. The van der Waals surface area contributed by atoms with Crippen LogP contribution in [0.25, 0.3) is 0 Å². The van der Waals surface area contributed by atoms with Crippen LogP contribution in [-0.4, -0.2) is 10.7 Å². The molecule has 10 heavy (non-hydrogen) atoms. The summed E-state index contributed by atoms with van der Waals surface area (Å²) < 4.78 is 38.6. The summed E-state index contributed by atoms with van der Waals surface area (Å²) in [5.41, 5.74) is -4.31. The zero-order valence-electron chi connectivity index (χ0n) is 4.47. The first-order chi connectivity index (χ1) is 4.58. The van der Waals surface area contributed by atoms with Crippen LogP contribution in [0.4, 0.5) is 13.2 Å². The molecule has 0 aliphatic carbocycles. The predicted octanol–water partition coefficient (Wildman–Crippen LogP) is 2.09. The van der Waals surface area contributed by atoms with E-state index in [1.54, 1.807) is 0 Å². The van der Waals surface area contributed by atoms with Crippen molar-refractivity contribution in [1.29, 1.82) is 0 Å². The second-order valence-corrected chi connectivity index (χ2v) is 2.39. The maximum Gasteiger partial charge on any atom is 0.449 e. The summed E-state index contributed by atoms with van der Waals surface area (Å²) in [7, 11) is 0. The summed E-state index contributed by atoms with van der Waals surface area (Å²) >= 11 is -0.353. The van der Waals surface area contributed by atoms with Gasteiger partial charge in [0.1, 0.15) is 6.20 Å². The van der Waals surface area contributed by atoms with Gasteiger partial charge in [-0.1, -0.05) is 5.16 Å². The lowest BCUT2D eigenvalue weighted by atomic mass is 10.8. The average molecular weight is 168 g/mol. The van der Waals surface area contributed by atoms with Gasteiger partial charge in [0, 0.05) is 17.8 Å². The van der Waals surface area contributed by atoms with Crippen LogP contribution in [0.1, 0.15) is 0 Å². The van der Waals surface area contributed by atoms with E-state index in [1.165, 1.54) is 0 Å². The zero-order valence-corrected chi connectivity index (χ0v) is 5.29. The van der Waals surface area contributed by atoms with E-state index in [9.17, 15) is 13.2 Å². The van der Waals surface area contributed by atoms with Crippen LogP contribution in [0.5, 0.6) is 0 Å². The summed E-state index contributed by atoms with van der Waals surface area (Å²) in [6.07, 6.45) is 2.11. The van der Waals surface area contributed by atoms with Gasteiger partial charge in [0.25, 0.3) is 0 Å². The minimum Gasteiger partial charge on any atom is -0.349 e. The number of rotatable bonds is 1. The highest BCUT2D eigenvalue weighted by Crippen LogP contribution is 2.36. The Hall–Kier alpha value is -0.650. The number of halogens is 3. The smallest absolute Gasteiger partial charge is 0.349 e. The largest absolute Gasteiger partial charge is 0.449 e. The Balaban J connectivity index is 2.57. The van der Waals surface area contributed by atoms with Crippen LogP contribution in [0.15, 0.2) is 15.7 Å². The minimum absolute atomic E-state index is 0.299. The van der Waals surface area contributed by atoms with E-state index < -0.39 is 5.51 Å². The maximum atomic E-state index is 11.5. The number of alkyl halides is 3. The van der Waals surface area contributed by atoms with Crippen molar-refractivity contribution < 1.29 is 17.7 Å². The van der Waals surface area contributed by atoms with Crippen molar-refractivity contribution >= 4 is 11.8 Å². The molecule has 0 saturated carbocycles. The molecule has 0 unspecified atom stereocenters. The van der Waals surface area contributed by atoms with Gasteiger partial charge >= 0.3 is 5.51 Å². The summed E-state index contributed by atoms with van der Waals surface area (Å²) in [4.78, 5) is 0. The molecule has 0 aliphatic rings. The van der Waals surface area contributed by atoms with Crippen molar-refractivity contribution in [2.45, 2.75) is 10.6 Å². The third-order valence-corrected chi connectivity index (χ3v) is 1.21. The van der Waals surface area contributed by atoms with Crippen molar-refractivity contribution in [2.75, 3.05) is 0 Å². The molecular weight excluding hydrogens is 167 g/mol. The average Bonchev–Trinajstić information content (AvgIpc) is 2.12. The fraction of sp³-hybridized carbons (Fsp3) is 0.250. The van der Waals surface area contributed by atoms with Gasteiger partial charge in [-0.05, 0) is 0 Å². The molecule has 1 aromatic heterocycles. The third kappa shape index (κ3) is 2.30. The quantitative estimate of drug-likeness (QED) is 0.600. The molecule has 55 valence electrons. The zero-order chi connectivity index (χ0) is 7.61. The molecule has 0 saturated heterocycles. The molecule has 0 N–H and O–H groups in total. The lowest BCUT2D eigenvalue weighted by Gasteiger charge is -1.98. The van der Waals surface area contributed by atoms with Gasteiger partial charge < -0.3 is 4.52 Å². The molecule has 6 heteroatoms. The normalized spacial score (nSPS) is 11.9. The van der Waals surface area contributed by atoms with Gasteiger partial charge in [0.15, 0.2) is 0 Å². The summed E-state index contributed by atoms with van der Waals surface area (Å²) in [6, 6.07) is 1.03. The molecule has 2 nitrogen and oxygen atoms in total. The Morgan fingerprint density at radius 3 is 2.70 bits per heavy atom. The number of aromatic nitrogens is 1. The number of hydrogen-bond acceptors (Lipinski definition) is 3. The number of thioether (sulfide) groups is 1. The van der Waals surface area contributed by atoms with Crippen LogP contribution in [0.3, 0.4) is 0 Å². The Bertz CT molecular complexity index is 195. The molecule has 0 aromatic carbocycles. The molecule has 1 heterocycles. The van der Waals surface area contributed by atoms with Gasteiger partial charge in [-0.3, -0.25) is 0 Å². The molecule has 0 atom stereocenters. The van der Waals surface area contributed by atoms with E-state index in [4.69, 9.17) is 0 Å². The van der Waals surface area contributed by atoms with Crippen molar-refractivity contribution in [3.05, 3.63) is 12.3 Å². The standard InChI is InChI=1S/C4HF3NOS/c5-4(6,7)10-3-1-2-8-9-3/h1H. The van der Waals surface area contributed by atoms with Crippen molar-refractivity contribution in [3.63, 3.8) is 0 Å². The topological polar surface area (TPSA) is 26.0 Å². The van der Waals surface area contributed by atoms with E-state index in [-0.39, 0.29) is 16.9 Å². The van der Waals surface area contributed by atoms with Gasteiger partial charge in [-0.2, -0.15) is 13.2 Å². The monoisotopic (exact) mass is 168 g/mol. The first-order valence-electron chi connectivity index (χ1n) is 2.16. The highest BCUT2D eigenvalue weighted by Gasteiger charge is 2.31. The van der Waals surface area contributed by atoms with Crippen LogP contribution < -0.4 is 0 Å². The van der Waals surface area contributed by atoms with Crippen LogP contribution in [0, 0.1) is 6.20 Å². The number of nitrogens with zero attached hydrogens (tertiary/aromatic N) is 1. The Morgan fingerprint density at radius 1 is 1.60 bits per heavy atom. The van der Waals surface area contributed by atoms with Crippen molar-refractivity contribution in [2.24, 2.45) is 0 Å². The van der Waals surface area contributed by atoms with E-state index in [0.717, 1.165) is 6.07 Å². The summed E-state index contributed by atoms with van der Waals surface area (Å²) in [5.74, 6) is 0. The Morgan fingerprint density at radius 2 is 2.30 bits per heavy atom. The van der Waals surface area contributed by atoms with E-state index in [1.807, 2.05) is 0 Å². The van der Waals surface area contributed by atoms with Gasteiger partial charge in [-0.25, -0.2) is 0 Å². The molecule has 1 rings (SSSR count). The van der Waals surface area contributed by atoms with E-state index in [2.05, 4.69) is 15.9 Å². The van der Waals surface area contributed by atoms with Crippen molar-refractivity contribution in [3.8, 4) is 0 Å². The maximum absolute atomic E-state index is 11.5. The minimum atomic E-state index is -4.31. The first-order valence-corrected chi connectivity index (χ1v) is 2.98. The molecular formula is C4HF3NOS. The molecule has 0 fully saturated rings. The first kappa shape index (κ1) is 7.46. The van der Waals surface area contributed by atoms with Crippen LogP contribution in [0.2, 0.25) is 0 Å². The summed E-state index contributed by atoms with van der Waals surface area (Å²) in [5, 5.41) is 2.69. The predicted molar refractivity (Wildman–Crippen MR) is 27.3 cm³/mol.